The van der Waals surface area contributed by atoms with Crippen LogP contribution in [0.1, 0.15) is 6.42 Å². The minimum absolute atomic E-state index is 0.916. The predicted molar refractivity (Wildman–Crippen MR) is 116 cm³/mol. The minimum Gasteiger partial charge on any atom is -0.356 e. The molecule has 6 heteroatoms. The van der Waals surface area contributed by atoms with E-state index in [1.54, 1.807) is 0 Å². The first-order valence-electron chi connectivity index (χ1n) is 10.0. The number of pyridine rings is 1. The summed E-state index contributed by atoms with van der Waals surface area (Å²) < 4.78 is 2.32. The van der Waals surface area contributed by atoms with Crippen molar-refractivity contribution in [2.45, 2.75) is 13.0 Å². The molecule has 1 aliphatic heterocycles. The van der Waals surface area contributed by atoms with Gasteiger partial charge in [0.25, 0.3) is 0 Å². The van der Waals surface area contributed by atoms with Crippen LogP contribution in [0.3, 0.4) is 0 Å². The molecule has 0 atom stereocenters. The molecular weight excluding hydrogens is 348 g/mol. The third-order valence-electron chi connectivity index (χ3n) is 5.30. The molecule has 3 aromatic rings. The van der Waals surface area contributed by atoms with E-state index in [9.17, 15) is 0 Å². The fourth-order valence-corrected chi connectivity index (χ4v) is 3.81. The van der Waals surface area contributed by atoms with Crippen molar-refractivity contribution >= 4 is 22.7 Å². The molecule has 0 bridgehead atoms. The summed E-state index contributed by atoms with van der Waals surface area (Å²) in [6.07, 6.45) is 5.10. The van der Waals surface area contributed by atoms with Crippen LogP contribution in [0.2, 0.25) is 0 Å². The zero-order chi connectivity index (χ0) is 19.2. The van der Waals surface area contributed by atoms with Crippen LogP contribution in [-0.4, -0.2) is 60.2 Å². The number of rotatable bonds is 5. The number of hydrogen-bond acceptors (Lipinski definition) is 3. The van der Waals surface area contributed by atoms with Gasteiger partial charge in [0.05, 0.1) is 0 Å². The summed E-state index contributed by atoms with van der Waals surface area (Å²) >= 11 is 0. The molecule has 0 aliphatic carbocycles. The van der Waals surface area contributed by atoms with E-state index in [1.807, 2.05) is 25.4 Å². The molecule has 4 rings (SSSR count). The van der Waals surface area contributed by atoms with Crippen molar-refractivity contribution in [3.63, 3.8) is 0 Å². The average Bonchev–Trinajstić information content (AvgIpc) is 3.18. The van der Waals surface area contributed by atoms with Gasteiger partial charge in [-0.1, -0.05) is 24.3 Å². The number of fused-ring (bicyclic) bond motifs is 1. The van der Waals surface area contributed by atoms with Crippen molar-refractivity contribution in [2.24, 2.45) is 4.99 Å². The largest absolute Gasteiger partial charge is 0.356 e. The lowest BCUT2D eigenvalue weighted by atomic mass is 10.2. The molecule has 1 aromatic carbocycles. The maximum atomic E-state index is 4.48. The van der Waals surface area contributed by atoms with Gasteiger partial charge in [-0.15, -0.1) is 0 Å². The van der Waals surface area contributed by atoms with Crippen molar-refractivity contribution in [2.75, 3.05) is 44.7 Å². The molecule has 1 fully saturated rings. The molecule has 3 heterocycles. The second-order valence-corrected chi connectivity index (χ2v) is 7.06. The SMILES string of the molecule is CN=C(NCCCn1ccc2ccccc21)N1CCN(c2ccccn2)CC1. The van der Waals surface area contributed by atoms with Gasteiger partial charge in [0.15, 0.2) is 5.96 Å². The minimum atomic E-state index is 0.916. The van der Waals surface area contributed by atoms with Gasteiger partial charge < -0.3 is 19.7 Å². The van der Waals surface area contributed by atoms with Gasteiger partial charge in [0.2, 0.25) is 0 Å². The molecule has 1 aliphatic rings. The van der Waals surface area contributed by atoms with Crippen LogP contribution in [0.15, 0.2) is 65.9 Å². The number of hydrogen-bond donors (Lipinski definition) is 1. The topological polar surface area (TPSA) is 48.7 Å². The number of guanidine groups is 1. The summed E-state index contributed by atoms with van der Waals surface area (Å²) in [6.45, 7) is 5.77. The van der Waals surface area contributed by atoms with E-state index in [0.717, 1.165) is 57.5 Å². The van der Waals surface area contributed by atoms with Crippen molar-refractivity contribution in [3.05, 3.63) is 60.9 Å². The maximum Gasteiger partial charge on any atom is 0.193 e. The highest BCUT2D eigenvalue weighted by molar-refractivity contribution is 5.80. The van der Waals surface area contributed by atoms with Crippen LogP contribution in [0, 0.1) is 0 Å². The highest BCUT2D eigenvalue weighted by Crippen LogP contribution is 2.15. The fourth-order valence-electron chi connectivity index (χ4n) is 3.81. The third-order valence-corrected chi connectivity index (χ3v) is 5.30. The summed E-state index contributed by atoms with van der Waals surface area (Å²) in [5.41, 5.74) is 1.30. The lowest BCUT2D eigenvalue weighted by Crippen LogP contribution is -2.52. The quantitative estimate of drug-likeness (QED) is 0.423. The van der Waals surface area contributed by atoms with Crippen LogP contribution < -0.4 is 10.2 Å². The molecule has 2 aromatic heterocycles. The molecular formula is C22H28N6. The molecule has 6 nitrogen and oxygen atoms in total. The van der Waals surface area contributed by atoms with E-state index in [1.165, 1.54) is 10.9 Å². The van der Waals surface area contributed by atoms with E-state index in [2.05, 4.69) is 72.3 Å². The highest BCUT2D eigenvalue weighted by Gasteiger charge is 2.20. The number of para-hydroxylation sites is 1. The maximum absolute atomic E-state index is 4.48. The van der Waals surface area contributed by atoms with Crippen LogP contribution >= 0.6 is 0 Å². The Kier molecular flexibility index (Phi) is 5.75. The molecule has 1 saturated heterocycles. The van der Waals surface area contributed by atoms with Crippen molar-refractivity contribution in [1.29, 1.82) is 0 Å². The number of nitrogens with one attached hydrogen (secondary N) is 1. The molecule has 0 unspecified atom stereocenters. The number of nitrogens with zero attached hydrogens (tertiary/aromatic N) is 5. The monoisotopic (exact) mass is 376 g/mol. The number of anilines is 1. The smallest absolute Gasteiger partial charge is 0.193 e. The van der Waals surface area contributed by atoms with Gasteiger partial charge in [-0.3, -0.25) is 4.99 Å². The second-order valence-electron chi connectivity index (χ2n) is 7.06. The van der Waals surface area contributed by atoms with Crippen LogP contribution in [0.5, 0.6) is 0 Å². The third kappa shape index (κ3) is 4.11. The summed E-state index contributed by atoms with van der Waals surface area (Å²) in [5.74, 6) is 2.06. The predicted octanol–water partition coefficient (Wildman–Crippen LogP) is 2.82. The number of benzene rings is 1. The summed E-state index contributed by atoms with van der Waals surface area (Å²) in [6, 6.07) is 16.8. The number of aliphatic imine (C=N–C) groups is 1. The molecule has 0 spiro atoms. The summed E-state index contributed by atoms with van der Waals surface area (Å²) in [5, 5.41) is 4.84. The van der Waals surface area contributed by atoms with E-state index >= 15 is 0 Å². The van der Waals surface area contributed by atoms with E-state index in [4.69, 9.17) is 0 Å². The normalized spacial score (nSPS) is 15.2. The Hall–Kier alpha value is -3.02. The van der Waals surface area contributed by atoms with Crippen LogP contribution in [0.25, 0.3) is 10.9 Å². The van der Waals surface area contributed by atoms with Crippen molar-refractivity contribution in [1.82, 2.24) is 19.8 Å². The lowest BCUT2D eigenvalue weighted by Gasteiger charge is -2.37. The van der Waals surface area contributed by atoms with Crippen LogP contribution in [0.4, 0.5) is 5.82 Å². The van der Waals surface area contributed by atoms with E-state index < -0.39 is 0 Å². The Morgan fingerprint density at radius 3 is 2.64 bits per heavy atom. The molecule has 0 saturated carbocycles. The van der Waals surface area contributed by atoms with Gasteiger partial charge in [-0.25, -0.2) is 4.98 Å². The molecule has 146 valence electrons. The number of aryl methyl sites for hydroxylation is 1. The Balaban J connectivity index is 1.24. The molecule has 0 amide bonds. The van der Waals surface area contributed by atoms with Crippen molar-refractivity contribution in [3.8, 4) is 0 Å². The first-order chi connectivity index (χ1) is 13.8. The Morgan fingerprint density at radius 2 is 1.86 bits per heavy atom. The second kappa shape index (κ2) is 8.78. The lowest BCUT2D eigenvalue weighted by molar-refractivity contribution is 0.371. The van der Waals surface area contributed by atoms with Gasteiger partial charge in [0.1, 0.15) is 5.82 Å². The van der Waals surface area contributed by atoms with Crippen molar-refractivity contribution < 1.29 is 0 Å². The molecule has 0 radical (unpaired) electrons. The standard InChI is InChI=1S/C22H28N6/c1-23-22(28-17-15-27(16-18-28)21-9-4-5-11-24-21)25-12-6-13-26-14-10-19-7-2-3-8-20(19)26/h2-5,7-11,14H,6,12-13,15-18H2,1H3,(H,23,25). The van der Waals surface area contributed by atoms with E-state index in [0.29, 0.717) is 0 Å². The Morgan fingerprint density at radius 1 is 1.04 bits per heavy atom. The molecule has 1 N–H and O–H groups in total. The van der Waals surface area contributed by atoms with Gasteiger partial charge in [-0.05, 0) is 36.1 Å². The first kappa shape index (κ1) is 18.3. The van der Waals surface area contributed by atoms with Gasteiger partial charge in [-0.2, -0.15) is 0 Å². The van der Waals surface area contributed by atoms with Crippen LogP contribution in [-0.2, 0) is 6.54 Å². The van der Waals surface area contributed by atoms with E-state index in [-0.39, 0.29) is 0 Å². The average molecular weight is 377 g/mol. The number of piperazine rings is 1. The van der Waals surface area contributed by atoms with Gasteiger partial charge in [0, 0.05) is 64.2 Å². The molecule has 28 heavy (non-hydrogen) atoms. The Labute approximate surface area is 166 Å². The summed E-state index contributed by atoms with van der Waals surface area (Å²) in [7, 11) is 1.87. The highest BCUT2D eigenvalue weighted by atomic mass is 15.4. The zero-order valence-corrected chi connectivity index (χ0v) is 16.5. The Bertz CT molecular complexity index is 909. The van der Waals surface area contributed by atoms with Gasteiger partial charge >= 0.3 is 0 Å². The fraction of sp³-hybridized carbons (Fsp3) is 0.364. The first-order valence-corrected chi connectivity index (χ1v) is 10.0. The zero-order valence-electron chi connectivity index (χ0n) is 16.5. The summed E-state index contributed by atoms with van der Waals surface area (Å²) in [4.78, 5) is 13.6. The number of aromatic nitrogens is 2.